The first kappa shape index (κ1) is 26.4. The predicted molar refractivity (Wildman–Crippen MR) is 144 cm³/mol. The van der Waals surface area contributed by atoms with Gasteiger partial charge in [-0.15, -0.1) is 11.3 Å². The molecule has 192 valence electrons. The van der Waals surface area contributed by atoms with Crippen LogP contribution in [0.5, 0.6) is 5.75 Å². The topological polar surface area (TPSA) is 66.9 Å². The second-order valence-corrected chi connectivity index (χ2v) is 12.4. The first-order chi connectivity index (χ1) is 17.4. The largest absolute Gasteiger partial charge is 0.494 e. The lowest BCUT2D eigenvalue weighted by Gasteiger charge is -2.33. The van der Waals surface area contributed by atoms with Crippen LogP contribution in [0.3, 0.4) is 0 Å². The predicted octanol–water partition coefficient (Wildman–Crippen LogP) is 5.13. The van der Waals surface area contributed by atoms with Crippen molar-refractivity contribution >= 4 is 27.3 Å². The molecule has 0 N–H and O–H groups in total. The third-order valence-electron chi connectivity index (χ3n) is 6.54. The fraction of sp³-hybridized carbons (Fsp3) is 0.393. The molecule has 36 heavy (non-hydrogen) atoms. The molecule has 4 rings (SSSR count). The zero-order chi connectivity index (χ0) is 25.5. The summed E-state index contributed by atoms with van der Waals surface area (Å²) in [6.07, 6.45) is 1.85. The molecule has 3 aromatic rings. The van der Waals surface area contributed by atoms with Gasteiger partial charge < -0.3 is 9.64 Å². The van der Waals surface area contributed by atoms with Crippen LogP contribution in [-0.4, -0.2) is 49.8 Å². The Hall–Kier alpha value is -2.68. The van der Waals surface area contributed by atoms with Crippen molar-refractivity contribution in [3.8, 4) is 5.75 Å². The summed E-state index contributed by atoms with van der Waals surface area (Å²) in [4.78, 5) is 18.2. The van der Waals surface area contributed by atoms with E-state index in [-0.39, 0.29) is 16.7 Å². The van der Waals surface area contributed by atoms with Gasteiger partial charge in [-0.1, -0.05) is 30.3 Å². The maximum Gasteiger partial charge on any atom is 0.243 e. The Labute approximate surface area is 218 Å². The minimum atomic E-state index is -3.60. The third kappa shape index (κ3) is 6.55. The van der Waals surface area contributed by atoms with Gasteiger partial charge in [0.2, 0.25) is 15.9 Å². The van der Waals surface area contributed by atoms with Crippen molar-refractivity contribution in [2.45, 2.75) is 44.6 Å². The molecule has 1 aromatic heterocycles. The van der Waals surface area contributed by atoms with Crippen molar-refractivity contribution in [3.63, 3.8) is 0 Å². The number of hydrogen-bond acceptors (Lipinski definition) is 5. The molecule has 0 bridgehead atoms. The first-order valence-electron chi connectivity index (χ1n) is 12.5. The number of carbonyl (C=O) groups excluding carboxylic acids is 1. The smallest absolute Gasteiger partial charge is 0.243 e. The summed E-state index contributed by atoms with van der Waals surface area (Å²) in [5.41, 5.74) is 1.20. The third-order valence-corrected chi connectivity index (χ3v) is 9.44. The lowest BCUT2D eigenvalue weighted by molar-refractivity contribution is -0.137. The Bertz CT molecular complexity index is 1230. The highest BCUT2D eigenvalue weighted by atomic mass is 32.2. The molecule has 1 saturated heterocycles. The highest BCUT2D eigenvalue weighted by molar-refractivity contribution is 7.89. The van der Waals surface area contributed by atoms with Crippen LogP contribution < -0.4 is 4.74 Å². The van der Waals surface area contributed by atoms with Crippen molar-refractivity contribution in [2.75, 3.05) is 26.2 Å². The standard InChI is InChI=1S/C28H34N2O4S2/c1-3-34-25-10-13-27(14-11-25)36(32,33)30-19-16-24(17-20-30)28(31)29(21-26-12-9-22(2)35-26)18-15-23-7-5-4-6-8-23/h4-14,24H,3,15-21H2,1-2H3. The minimum Gasteiger partial charge on any atom is -0.494 e. The summed E-state index contributed by atoms with van der Waals surface area (Å²) in [5.74, 6) is 0.598. The summed E-state index contributed by atoms with van der Waals surface area (Å²) in [6.45, 7) is 6.42. The molecule has 1 fully saturated rings. The Morgan fingerprint density at radius 3 is 2.33 bits per heavy atom. The maximum atomic E-state index is 13.6. The summed E-state index contributed by atoms with van der Waals surface area (Å²) < 4.78 is 33.2. The molecule has 0 saturated carbocycles. The number of aryl methyl sites for hydroxylation is 1. The molecule has 2 heterocycles. The van der Waals surface area contributed by atoms with Crippen molar-refractivity contribution in [2.24, 2.45) is 5.92 Å². The second kappa shape index (κ2) is 12.0. The molecule has 8 heteroatoms. The molecular formula is C28H34N2O4S2. The number of ether oxygens (including phenoxy) is 1. The molecular weight excluding hydrogens is 492 g/mol. The van der Waals surface area contributed by atoms with E-state index in [1.165, 1.54) is 19.6 Å². The van der Waals surface area contributed by atoms with Gasteiger partial charge in [-0.3, -0.25) is 4.79 Å². The number of carbonyl (C=O) groups is 1. The van der Waals surface area contributed by atoms with E-state index in [2.05, 4.69) is 31.2 Å². The van der Waals surface area contributed by atoms with Crippen LogP contribution in [0.4, 0.5) is 0 Å². The zero-order valence-electron chi connectivity index (χ0n) is 20.9. The quantitative estimate of drug-likeness (QED) is 0.367. The summed E-state index contributed by atoms with van der Waals surface area (Å²) >= 11 is 1.72. The van der Waals surface area contributed by atoms with Crippen LogP contribution in [0.2, 0.25) is 0 Å². The van der Waals surface area contributed by atoms with Crippen molar-refractivity contribution in [1.82, 2.24) is 9.21 Å². The number of sulfonamides is 1. The molecule has 6 nitrogen and oxygen atoms in total. The van der Waals surface area contributed by atoms with Gasteiger partial charge >= 0.3 is 0 Å². The van der Waals surface area contributed by atoms with Crippen LogP contribution in [0.1, 0.15) is 35.1 Å². The molecule has 1 aliphatic heterocycles. The van der Waals surface area contributed by atoms with E-state index in [1.807, 2.05) is 30.0 Å². The fourth-order valence-corrected chi connectivity index (χ4v) is 6.93. The van der Waals surface area contributed by atoms with E-state index in [9.17, 15) is 13.2 Å². The highest BCUT2D eigenvalue weighted by Crippen LogP contribution is 2.27. The number of amides is 1. The first-order valence-corrected chi connectivity index (χ1v) is 14.7. The van der Waals surface area contributed by atoms with Crippen molar-refractivity contribution in [3.05, 3.63) is 82.0 Å². The molecule has 0 spiro atoms. The normalized spacial score (nSPS) is 15.1. The SMILES string of the molecule is CCOc1ccc(S(=O)(=O)N2CCC(C(=O)N(CCc3ccccc3)Cc3ccc(C)s3)CC2)cc1. The van der Waals surface area contributed by atoms with E-state index in [0.717, 1.165) is 6.42 Å². The van der Waals surface area contributed by atoms with Gasteiger partial charge in [0.05, 0.1) is 18.0 Å². The fourth-order valence-electron chi connectivity index (χ4n) is 4.56. The lowest BCUT2D eigenvalue weighted by Crippen LogP contribution is -2.44. The zero-order valence-corrected chi connectivity index (χ0v) is 22.6. The lowest BCUT2D eigenvalue weighted by atomic mass is 9.96. The van der Waals surface area contributed by atoms with Crippen LogP contribution in [0.25, 0.3) is 0 Å². The van der Waals surface area contributed by atoms with Gasteiger partial charge in [0.25, 0.3) is 0 Å². The van der Waals surface area contributed by atoms with Gasteiger partial charge in [0.15, 0.2) is 0 Å². The number of hydrogen-bond donors (Lipinski definition) is 0. The summed E-state index contributed by atoms with van der Waals surface area (Å²) in [5, 5.41) is 0. The number of thiophene rings is 1. The van der Waals surface area contributed by atoms with E-state index in [1.54, 1.807) is 35.6 Å². The monoisotopic (exact) mass is 526 g/mol. The molecule has 1 aliphatic rings. The second-order valence-electron chi connectivity index (χ2n) is 9.09. The minimum absolute atomic E-state index is 0.120. The molecule has 0 unspecified atom stereocenters. The van der Waals surface area contributed by atoms with E-state index >= 15 is 0 Å². The van der Waals surface area contributed by atoms with Crippen LogP contribution in [0, 0.1) is 12.8 Å². The highest BCUT2D eigenvalue weighted by Gasteiger charge is 2.34. The Morgan fingerprint density at radius 2 is 1.72 bits per heavy atom. The molecule has 0 aliphatic carbocycles. The number of rotatable bonds is 10. The van der Waals surface area contributed by atoms with Gasteiger partial charge in [-0.25, -0.2) is 8.42 Å². The summed E-state index contributed by atoms with van der Waals surface area (Å²) in [6, 6.07) is 20.9. The van der Waals surface area contributed by atoms with Gasteiger partial charge in [0.1, 0.15) is 5.75 Å². The Morgan fingerprint density at radius 1 is 1.03 bits per heavy atom. The molecule has 0 atom stereocenters. The number of nitrogens with zero attached hydrogens (tertiary/aromatic N) is 2. The number of benzene rings is 2. The molecule has 1 amide bonds. The van der Waals surface area contributed by atoms with Gasteiger partial charge in [0, 0.05) is 35.3 Å². The van der Waals surface area contributed by atoms with Crippen molar-refractivity contribution in [1.29, 1.82) is 0 Å². The number of piperidine rings is 1. The van der Waals surface area contributed by atoms with Gasteiger partial charge in [-0.2, -0.15) is 4.31 Å². The van der Waals surface area contributed by atoms with Crippen LogP contribution in [-0.2, 0) is 27.8 Å². The van der Waals surface area contributed by atoms with Gasteiger partial charge in [-0.05, 0) is 75.1 Å². The van der Waals surface area contributed by atoms with E-state index in [0.29, 0.717) is 51.4 Å². The van der Waals surface area contributed by atoms with Crippen molar-refractivity contribution < 1.29 is 17.9 Å². The summed E-state index contributed by atoms with van der Waals surface area (Å²) in [7, 11) is -3.60. The van der Waals surface area contributed by atoms with Crippen LogP contribution in [0.15, 0.2) is 71.6 Å². The van der Waals surface area contributed by atoms with E-state index in [4.69, 9.17) is 4.74 Å². The molecule has 0 radical (unpaired) electrons. The Balaban J connectivity index is 1.40. The molecule has 2 aromatic carbocycles. The average molecular weight is 527 g/mol. The van der Waals surface area contributed by atoms with Crippen LogP contribution >= 0.6 is 11.3 Å². The average Bonchev–Trinajstić information content (AvgIpc) is 3.32. The van der Waals surface area contributed by atoms with E-state index < -0.39 is 10.0 Å². The Kier molecular flexibility index (Phi) is 8.82. The maximum absolute atomic E-state index is 13.6.